The van der Waals surface area contributed by atoms with Crippen LogP contribution in [0, 0.1) is 0 Å². The van der Waals surface area contributed by atoms with Gasteiger partial charge in [-0.05, 0) is 60.5 Å². The minimum atomic E-state index is -0.885. The molecule has 9 heteroatoms. The molecule has 2 aromatic carbocycles. The number of halogens is 2. The quantitative estimate of drug-likeness (QED) is 0.458. The van der Waals surface area contributed by atoms with Gasteiger partial charge in [-0.2, -0.15) is 0 Å². The monoisotopic (exact) mass is 467 g/mol. The summed E-state index contributed by atoms with van der Waals surface area (Å²) in [6.07, 6.45) is -0.885. The van der Waals surface area contributed by atoms with E-state index in [1.54, 1.807) is 24.3 Å². The maximum Gasteiger partial charge on any atom is 0.269 e. The van der Waals surface area contributed by atoms with E-state index >= 15 is 0 Å². The number of carbonyl (C=O) groups is 2. The Morgan fingerprint density at radius 3 is 2.23 bits per heavy atom. The van der Waals surface area contributed by atoms with E-state index in [2.05, 4.69) is 36.9 Å². The van der Waals surface area contributed by atoms with Crippen LogP contribution in [0.3, 0.4) is 0 Å². The van der Waals surface area contributed by atoms with E-state index in [1.807, 2.05) is 12.1 Å². The number of hydrazine groups is 1. The minimum absolute atomic E-state index is 0.00585. The Labute approximate surface area is 191 Å². The van der Waals surface area contributed by atoms with Gasteiger partial charge in [0.15, 0.2) is 11.2 Å². The topological polar surface area (TPSA) is 79.5 Å². The Balaban J connectivity index is 1.84. The van der Waals surface area contributed by atoms with Gasteiger partial charge in [0, 0.05) is 10.6 Å². The lowest BCUT2D eigenvalue weighted by Gasteiger charge is -2.19. The fourth-order valence-electron chi connectivity index (χ4n) is 2.37. The third-order valence-corrected chi connectivity index (χ3v) is 4.84. The van der Waals surface area contributed by atoms with Gasteiger partial charge in [-0.15, -0.1) is 0 Å². The predicted octanol–water partition coefficient (Wildman–Crippen LogP) is 4.39. The van der Waals surface area contributed by atoms with Crippen molar-refractivity contribution in [2.24, 2.45) is 0 Å². The number of ether oxygens (including phenoxy) is 1. The second kappa shape index (κ2) is 10.1. The van der Waals surface area contributed by atoms with Crippen molar-refractivity contribution in [3.63, 3.8) is 0 Å². The molecule has 0 aliphatic heterocycles. The molecule has 0 bridgehead atoms. The van der Waals surface area contributed by atoms with Crippen LogP contribution in [0.5, 0.6) is 5.75 Å². The second-order valence-corrected chi connectivity index (χ2v) is 8.81. The first-order valence-corrected chi connectivity index (χ1v) is 10.3. The normalized spacial score (nSPS) is 11.9. The zero-order valence-corrected chi connectivity index (χ0v) is 19.3. The number of hydrogen-bond acceptors (Lipinski definition) is 4. The van der Waals surface area contributed by atoms with E-state index < -0.39 is 12.0 Å². The summed E-state index contributed by atoms with van der Waals surface area (Å²) in [6.45, 7) is 7.82. The molecule has 6 nitrogen and oxygen atoms in total. The number of amides is 2. The predicted molar refractivity (Wildman–Crippen MR) is 123 cm³/mol. The Morgan fingerprint density at radius 1 is 1.03 bits per heavy atom. The number of thiocarbonyl (C=S) groups is 1. The van der Waals surface area contributed by atoms with E-state index in [9.17, 15) is 9.59 Å². The summed E-state index contributed by atoms with van der Waals surface area (Å²) in [6, 6.07) is 11.9. The molecule has 1 atom stereocenters. The van der Waals surface area contributed by atoms with Crippen molar-refractivity contribution in [3.8, 4) is 5.75 Å². The molecule has 0 aliphatic carbocycles. The van der Waals surface area contributed by atoms with Crippen LogP contribution in [-0.4, -0.2) is 23.0 Å². The highest BCUT2D eigenvalue weighted by Gasteiger charge is 2.18. The van der Waals surface area contributed by atoms with Crippen molar-refractivity contribution < 1.29 is 14.3 Å². The van der Waals surface area contributed by atoms with E-state index in [0.717, 1.165) is 5.56 Å². The molecule has 0 aromatic heterocycles. The number of benzene rings is 2. The van der Waals surface area contributed by atoms with Crippen molar-refractivity contribution in [2.45, 2.75) is 39.2 Å². The molecule has 2 amide bonds. The lowest BCUT2D eigenvalue weighted by Crippen LogP contribution is -2.51. The van der Waals surface area contributed by atoms with Crippen LogP contribution >= 0.6 is 35.4 Å². The van der Waals surface area contributed by atoms with E-state index in [-0.39, 0.29) is 21.5 Å². The lowest BCUT2D eigenvalue weighted by atomic mass is 9.87. The fourth-order valence-corrected chi connectivity index (χ4v) is 2.97. The van der Waals surface area contributed by atoms with Crippen LogP contribution in [0.25, 0.3) is 0 Å². The Hall–Kier alpha value is -2.35. The standard InChI is InChI=1S/C21H23Cl2N3O3S/c1-12(29-17-10-9-15(22)11-16(17)23)18(27)24-20(30)26-25-19(28)13-5-7-14(8-6-13)21(2,3)4/h5-12H,1-4H3,(H,25,28)(H2,24,26,27,30). The fraction of sp³-hybridized carbons (Fsp3) is 0.286. The molecule has 0 fully saturated rings. The molecule has 2 rings (SSSR count). The van der Waals surface area contributed by atoms with Gasteiger partial charge < -0.3 is 4.74 Å². The van der Waals surface area contributed by atoms with Gasteiger partial charge >= 0.3 is 0 Å². The Bertz CT molecular complexity index is 944. The molecule has 0 heterocycles. The summed E-state index contributed by atoms with van der Waals surface area (Å²) in [4.78, 5) is 24.5. The first-order valence-electron chi connectivity index (χ1n) is 9.11. The van der Waals surface area contributed by atoms with Crippen LogP contribution in [-0.2, 0) is 10.2 Å². The third kappa shape index (κ3) is 6.86. The van der Waals surface area contributed by atoms with Crippen molar-refractivity contribution in [1.29, 1.82) is 0 Å². The zero-order valence-electron chi connectivity index (χ0n) is 17.0. The Kier molecular flexibility index (Phi) is 8.06. The largest absolute Gasteiger partial charge is 0.479 e. The molecule has 3 N–H and O–H groups in total. The summed E-state index contributed by atoms with van der Waals surface area (Å²) in [7, 11) is 0. The average molecular weight is 468 g/mol. The van der Waals surface area contributed by atoms with Crippen molar-refractivity contribution in [3.05, 3.63) is 63.6 Å². The minimum Gasteiger partial charge on any atom is -0.479 e. The molecule has 30 heavy (non-hydrogen) atoms. The average Bonchev–Trinajstić information content (AvgIpc) is 2.67. The van der Waals surface area contributed by atoms with E-state index in [4.69, 9.17) is 40.2 Å². The summed E-state index contributed by atoms with van der Waals surface area (Å²) in [5.74, 6) is -0.582. The third-order valence-electron chi connectivity index (χ3n) is 4.11. The smallest absolute Gasteiger partial charge is 0.269 e. The lowest BCUT2D eigenvalue weighted by molar-refractivity contribution is -0.125. The summed E-state index contributed by atoms with van der Waals surface area (Å²) in [5.41, 5.74) is 6.51. The second-order valence-electron chi connectivity index (χ2n) is 7.56. The van der Waals surface area contributed by atoms with Crippen LogP contribution < -0.4 is 20.9 Å². The van der Waals surface area contributed by atoms with E-state index in [1.165, 1.54) is 13.0 Å². The van der Waals surface area contributed by atoms with Gasteiger partial charge in [0.2, 0.25) is 0 Å². The highest BCUT2D eigenvalue weighted by Crippen LogP contribution is 2.28. The first-order chi connectivity index (χ1) is 14.0. The zero-order chi connectivity index (χ0) is 22.5. The van der Waals surface area contributed by atoms with Crippen molar-refractivity contribution in [2.75, 3.05) is 0 Å². The van der Waals surface area contributed by atoms with Gasteiger partial charge in [-0.3, -0.25) is 25.8 Å². The van der Waals surface area contributed by atoms with Crippen LogP contribution in [0.15, 0.2) is 42.5 Å². The summed E-state index contributed by atoms with van der Waals surface area (Å²) in [5, 5.41) is 3.11. The molecule has 0 aliphatic rings. The highest BCUT2D eigenvalue weighted by atomic mass is 35.5. The number of nitrogens with one attached hydrogen (secondary N) is 3. The molecule has 0 saturated heterocycles. The molecular weight excluding hydrogens is 445 g/mol. The highest BCUT2D eigenvalue weighted by molar-refractivity contribution is 7.80. The van der Waals surface area contributed by atoms with Crippen molar-refractivity contribution >= 4 is 52.3 Å². The van der Waals surface area contributed by atoms with Crippen LogP contribution in [0.4, 0.5) is 0 Å². The van der Waals surface area contributed by atoms with Gasteiger partial charge in [0.25, 0.3) is 11.8 Å². The van der Waals surface area contributed by atoms with Gasteiger partial charge in [0.05, 0.1) is 5.02 Å². The van der Waals surface area contributed by atoms with E-state index in [0.29, 0.717) is 16.3 Å². The van der Waals surface area contributed by atoms with Crippen molar-refractivity contribution in [1.82, 2.24) is 16.2 Å². The number of hydrogen-bond donors (Lipinski definition) is 3. The molecule has 0 saturated carbocycles. The van der Waals surface area contributed by atoms with Gasteiger partial charge in [-0.25, -0.2) is 0 Å². The molecule has 1 unspecified atom stereocenters. The van der Waals surface area contributed by atoms with Crippen LogP contribution in [0.1, 0.15) is 43.6 Å². The molecular formula is C21H23Cl2N3O3S. The van der Waals surface area contributed by atoms with Gasteiger partial charge in [0.1, 0.15) is 5.75 Å². The molecule has 2 aromatic rings. The molecule has 160 valence electrons. The van der Waals surface area contributed by atoms with Crippen LogP contribution in [0.2, 0.25) is 10.0 Å². The van der Waals surface area contributed by atoms with Gasteiger partial charge in [-0.1, -0.05) is 56.1 Å². The number of rotatable bonds is 4. The molecule has 0 radical (unpaired) electrons. The SMILES string of the molecule is CC(Oc1ccc(Cl)cc1Cl)C(=O)NC(=S)NNC(=O)c1ccc(C(C)(C)C)cc1. The Morgan fingerprint density at radius 2 is 1.67 bits per heavy atom. The summed E-state index contributed by atoms with van der Waals surface area (Å²) < 4.78 is 5.52. The molecule has 0 spiro atoms. The maximum absolute atomic E-state index is 12.2. The number of carbonyl (C=O) groups excluding carboxylic acids is 2. The summed E-state index contributed by atoms with van der Waals surface area (Å²) >= 11 is 16.9. The first kappa shape index (κ1) is 23.9. The maximum atomic E-state index is 12.2.